The van der Waals surface area contributed by atoms with E-state index in [0.717, 1.165) is 25.7 Å². The summed E-state index contributed by atoms with van der Waals surface area (Å²) in [4.78, 5) is 2.53. The molecule has 1 aliphatic heterocycles. The Labute approximate surface area is 80.2 Å². The second kappa shape index (κ2) is 3.23. The Hall–Kier alpha value is -0.120. The van der Waals surface area contributed by atoms with E-state index in [-0.39, 0.29) is 5.60 Å². The fraction of sp³-hybridized carbons (Fsp3) is 1.00. The summed E-state index contributed by atoms with van der Waals surface area (Å²) in [6.07, 6.45) is 2.35. The highest BCUT2D eigenvalue weighted by molar-refractivity contribution is 4.93. The normalized spacial score (nSPS) is 39.9. The molecule has 2 N–H and O–H groups in total. The quantitative estimate of drug-likeness (QED) is 0.648. The number of nitrogens with two attached hydrogens (primary N) is 1. The molecule has 1 heterocycles. The van der Waals surface area contributed by atoms with Gasteiger partial charge in [0.25, 0.3) is 0 Å². The van der Waals surface area contributed by atoms with Crippen molar-refractivity contribution in [1.29, 1.82) is 0 Å². The zero-order valence-electron chi connectivity index (χ0n) is 8.62. The molecule has 1 aliphatic carbocycles. The Bertz CT molecular complexity index is 187. The van der Waals surface area contributed by atoms with Crippen LogP contribution in [0.5, 0.6) is 0 Å². The number of rotatable bonds is 1. The summed E-state index contributed by atoms with van der Waals surface area (Å²) in [6, 6.07) is 1.19. The highest BCUT2D eigenvalue weighted by atomic mass is 16.5. The van der Waals surface area contributed by atoms with E-state index >= 15 is 0 Å². The van der Waals surface area contributed by atoms with E-state index < -0.39 is 0 Å². The van der Waals surface area contributed by atoms with Crippen LogP contribution >= 0.6 is 0 Å². The highest BCUT2D eigenvalue weighted by Crippen LogP contribution is 2.28. The molecule has 2 fully saturated rings. The molecule has 2 aliphatic rings. The Morgan fingerprint density at radius 1 is 1.38 bits per heavy atom. The van der Waals surface area contributed by atoms with E-state index in [1.165, 1.54) is 12.8 Å². The van der Waals surface area contributed by atoms with Crippen molar-refractivity contribution in [2.45, 2.75) is 44.4 Å². The molecule has 3 heteroatoms. The van der Waals surface area contributed by atoms with Gasteiger partial charge in [0.1, 0.15) is 0 Å². The molecule has 1 saturated carbocycles. The van der Waals surface area contributed by atoms with Gasteiger partial charge in [-0.25, -0.2) is 0 Å². The van der Waals surface area contributed by atoms with Crippen LogP contribution in [0.4, 0.5) is 0 Å². The number of morpholine rings is 1. The minimum Gasteiger partial charge on any atom is -0.373 e. The van der Waals surface area contributed by atoms with Crippen LogP contribution in [-0.2, 0) is 4.74 Å². The van der Waals surface area contributed by atoms with Gasteiger partial charge in [0.05, 0.1) is 12.2 Å². The number of ether oxygens (including phenoxy) is 1. The largest absolute Gasteiger partial charge is 0.373 e. The van der Waals surface area contributed by atoms with Crippen molar-refractivity contribution in [2.75, 3.05) is 19.7 Å². The van der Waals surface area contributed by atoms with Crippen molar-refractivity contribution in [3.63, 3.8) is 0 Å². The lowest BCUT2D eigenvalue weighted by atomic mass is 9.85. The topological polar surface area (TPSA) is 38.5 Å². The first-order chi connectivity index (χ1) is 6.07. The molecular weight excluding hydrogens is 164 g/mol. The van der Waals surface area contributed by atoms with Crippen LogP contribution in [0.25, 0.3) is 0 Å². The average Bonchev–Trinajstić information content (AvgIpc) is 1.97. The molecule has 13 heavy (non-hydrogen) atoms. The van der Waals surface area contributed by atoms with Gasteiger partial charge in [-0.1, -0.05) is 0 Å². The third-order valence-electron chi connectivity index (χ3n) is 3.12. The van der Waals surface area contributed by atoms with Crippen molar-refractivity contribution in [3.05, 3.63) is 0 Å². The molecule has 2 rings (SSSR count). The summed E-state index contributed by atoms with van der Waals surface area (Å²) in [5, 5.41) is 0. The fourth-order valence-corrected chi connectivity index (χ4v) is 2.29. The minimum absolute atomic E-state index is 0.0396. The smallest absolute Gasteiger partial charge is 0.0753 e. The first kappa shape index (κ1) is 9.44. The first-order valence-electron chi connectivity index (χ1n) is 5.20. The number of hydrogen-bond acceptors (Lipinski definition) is 3. The van der Waals surface area contributed by atoms with Crippen molar-refractivity contribution in [1.82, 2.24) is 4.90 Å². The highest BCUT2D eigenvalue weighted by Gasteiger charge is 2.36. The zero-order valence-corrected chi connectivity index (χ0v) is 8.62. The predicted molar refractivity (Wildman–Crippen MR) is 52.6 cm³/mol. The summed E-state index contributed by atoms with van der Waals surface area (Å²) < 4.78 is 5.67. The van der Waals surface area contributed by atoms with Gasteiger partial charge in [-0.05, 0) is 26.7 Å². The average molecular weight is 184 g/mol. The molecular formula is C10H20N2O. The van der Waals surface area contributed by atoms with E-state index in [9.17, 15) is 0 Å². The molecule has 0 aromatic carbocycles. The maximum Gasteiger partial charge on any atom is 0.0753 e. The standard InChI is InChI=1S/C10H20N2O/c1-10(2)7-12(3-4-13-10)9-5-8(11)6-9/h8-9H,3-7,11H2,1-2H3. The van der Waals surface area contributed by atoms with Crippen LogP contribution < -0.4 is 5.73 Å². The van der Waals surface area contributed by atoms with Crippen LogP contribution in [0.3, 0.4) is 0 Å². The monoisotopic (exact) mass is 184 g/mol. The van der Waals surface area contributed by atoms with Gasteiger partial charge in [0.15, 0.2) is 0 Å². The summed E-state index contributed by atoms with van der Waals surface area (Å²) >= 11 is 0. The molecule has 0 atom stereocenters. The van der Waals surface area contributed by atoms with Gasteiger partial charge < -0.3 is 10.5 Å². The van der Waals surface area contributed by atoms with E-state index in [1.54, 1.807) is 0 Å². The zero-order chi connectivity index (χ0) is 9.47. The lowest BCUT2D eigenvalue weighted by Gasteiger charge is -2.47. The van der Waals surface area contributed by atoms with Crippen molar-refractivity contribution >= 4 is 0 Å². The van der Waals surface area contributed by atoms with Crippen molar-refractivity contribution < 1.29 is 4.74 Å². The minimum atomic E-state index is 0.0396. The maximum atomic E-state index is 5.79. The van der Waals surface area contributed by atoms with Gasteiger partial charge in [0.2, 0.25) is 0 Å². The Kier molecular flexibility index (Phi) is 2.34. The summed E-state index contributed by atoms with van der Waals surface area (Å²) in [6.45, 7) is 7.35. The third-order valence-corrected chi connectivity index (χ3v) is 3.12. The lowest BCUT2D eigenvalue weighted by Crippen LogP contribution is -2.58. The molecule has 0 radical (unpaired) electrons. The van der Waals surface area contributed by atoms with Gasteiger partial charge in [0, 0.05) is 25.2 Å². The number of hydrogen-bond donors (Lipinski definition) is 1. The lowest BCUT2D eigenvalue weighted by molar-refractivity contribution is -0.107. The van der Waals surface area contributed by atoms with Crippen LogP contribution in [-0.4, -0.2) is 42.3 Å². The Morgan fingerprint density at radius 2 is 2.08 bits per heavy atom. The van der Waals surface area contributed by atoms with Crippen LogP contribution in [0.2, 0.25) is 0 Å². The van der Waals surface area contributed by atoms with Crippen LogP contribution in [0, 0.1) is 0 Å². The molecule has 0 unspecified atom stereocenters. The van der Waals surface area contributed by atoms with Gasteiger partial charge in [-0.2, -0.15) is 0 Å². The first-order valence-corrected chi connectivity index (χ1v) is 5.20. The fourth-order valence-electron chi connectivity index (χ4n) is 2.29. The molecule has 76 valence electrons. The van der Waals surface area contributed by atoms with Gasteiger partial charge >= 0.3 is 0 Å². The molecule has 0 aromatic heterocycles. The number of nitrogens with zero attached hydrogens (tertiary/aromatic N) is 1. The van der Waals surface area contributed by atoms with E-state index in [1.807, 2.05) is 0 Å². The SMILES string of the molecule is CC1(C)CN(C2CC(N)C2)CCO1. The maximum absolute atomic E-state index is 5.79. The Balaban J connectivity index is 1.86. The van der Waals surface area contributed by atoms with E-state index in [2.05, 4.69) is 18.7 Å². The third kappa shape index (κ3) is 2.03. The van der Waals surface area contributed by atoms with E-state index in [0.29, 0.717) is 6.04 Å². The van der Waals surface area contributed by atoms with Crippen molar-refractivity contribution in [3.8, 4) is 0 Å². The molecule has 0 aromatic rings. The summed E-state index contributed by atoms with van der Waals surface area (Å²) in [5.41, 5.74) is 5.82. The molecule has 1 saturated heterocycles. The van der Waals surface area contributed by atoms with Gasteiger partial charge in [-0.3, -0.25) is 4.90 Å². The second-order valence-corrected chi connectivity index (χ2v) is 4.96. The molecule has 0 spiro atoms. The van der Waals surface area contributed by atoms with E-state index in [4.69, 9.17) is 10.5 Å². The summed E-state index contributed by atoms with van der Waals surface area (Å²) in [5.74, 6) is 0. The Morgan fingerprint density at radius 3 is 2.62 bits per heavy atom. The summed E-state index contributed by atoms with van der Waals surface area (Å²) in [7, 11) is 0. The molecule has 0 amide bonds. The predicted octanol–water partition coefficient (Wildman–Crippen LogP) is 0.587. The molecule has 3 nitrogen and oxygen atoms in total. The second-order valence-electron chi connectivity index (χ2n) is 4.96. The molecule has 0 bridgehead atoms. The van der Waals surface area contributed by atoms with Crippen LogP contribution in [0.1, 0.15) is 26.7 Å². The van der Waals surface area contributed by atoms with Crippen molar-refractivity contribution in [2.24, 2.45) is 5.73 Å². The van der Waals surface area contributed by atoms with Crippen LogP contribution in [0.15, 0.2) is 0 Å². The van der Waals surface area contributed by atoms with Gasteiger partial charge in [-0.15, -0.1) is 0 Å².